The molecule has 0 aliphatic rings. The van der Waals surface area contributed by atoms with Crippen LogP contribution in [0.3, 0.4) is 0 Å². The second kappa shape index (κ2) is 3.92. The van der Waals surface area contributed by atoms with Crippen LogP contribution in [0.4, 0.5) is 0 Å². The Bertz CT molecular complexity index is 297. The van der Waals surface area contributed by atoms with Crippen molar-refractivity contribution in [2.24, 2.45) is 0 Å². The Morgan fingerprint density at radius 1 is 1.58 bits per heavy atom. The summed E-state index contributed by atoms with van der Waals surface area (Å²) < 4.78 is 0. The van der Waals surface area contributed by atoms with E-state index >= 15 is 0 Å². The van der Waals surface area contributed by atoms with Crippen LogP contribution in [-0.4, -0.2) is 20.9 Å². The summed E-state index contributed by atoms with van der Waals surface area (Å²) in [5.41, 5.74) is 0.685. The molecule has 1 aromatic heterocycles. The first-order valence-corrected chi connectivity index (χ1v) is 3.77. The van der Waals surface area contributed by atoms with E-state index in [1.54, 1.807) is 24.4 Å². The highest BCUT2D eigenvalue weighted by Crippen LogP contribution is 1.96. The molecule has 0 aromatic carbocycles. The molecule has 1 N–H and O–H groups in total. The molecule has 0 aliphatic heterocycles. The number of carboxylic acids is 1. The number of carbonyl (C=O) groups is 1. The predicted molar refractivity (Wildman–Crippen MR) is 48.2 cm³/mol. The molecule has 1 heterocycles. The monoisotopic (exact) mass is 181 g/mol. The van der Waals surface area contributed by atoms with E-state index in [1.165, 1.54) is 0 Å². The van der Waals surface area contributed by atoms with Crippen LogP contribution in [0.2, 0.25) is 0 Å². The summed E-state index contributed by atoms with van der Waals surface area (Å²) in [6.45, 7) is 0. The average Bonchev–Trinajstić information content (AvgIpc) is 2.06. The minimum Gasteiger partial charge on any atom is -0.477 e. The number of carboxylic acid groups (broad SMARTS) is 1. The number of aliphatic carboxylic acids is 1. The molecule has 0 fully saturated rings. The minimum absolute atomic E-state index is 0.00583. The van der Waals surface area contributed by atoms with Gasteiger partial charge < -0.3 is 5.11 Å². The van der Waals surface area contributed by atoms with Gasteiger partial charge in [-0.2, -0.15) is 0 Å². The molecule has 3 nitrogen and oxygen atoms in total. The molecule has 0 radical (unpaired) electrons. The van der Waals surface area contributed by atoms with Crippen LogP contribution in [-0.2, 0) is 11.2 Å². The summed E-state index contributed by atoms with van der Waals surface area (Å²) in [5.74, 6) is -1.05. The zero-order valence-corrected chi connectivity index (χ0v) is 7.04. The van der Waals surface area contributed by atoms with Gasteiger partial charge in [-0.05, 0) is 12.1 Å². The molecule has 62 valence electrons. The molecule has 0 bridgehead atoms. The maximum atomic E-state index is 10.3. The number of rotatable bonds is 3. The summed E-state index contributed by atoms with van der Waals surface area (Å²) in [7, 11) is 0. The quantitative estimate of drug-likeness (QED) is 0.709. The van der Waals surface area contributed by atoms with Crippen molar-refractivity contribution < 1.29 is 9.90 Å². The Labute approximate surface area is 75.1 Å². The second-order valence-electron chi connectivity index (χ2n) is 2.23. The van der Waals surface area contributed by atoms with Crippen molar-refractivity contribution in [3.8, 4) is 0 Å². The third-order valence-electron chi connectivity index (χ3n) is 1.31. The first kappa shape index (κ1) is 8.80. The summed E-state index contributed by atoms with van der Waals surface area (Å²) in [6.07, 6.45) is 1.84. The molecular weight excluding hydrogens is 174 g/mol. The number of thiocarbonyl (C=S) groups is 1. The Kier molecular flexibility index (Phi) is 2.88. The van der Waals surface area contributed by atoms with E-state index in [0.29, 0.717) is 5.69 Å². The van der Waals surface area contributed by atoms with Gasteiger partial charge in [-0.25, -0.2) is 4.79 Å². The van der Waals surface area contributed by atoms with Crippen molar-refractivity contribution in [2.75, 3.05) is 0 Å². The number of hydrogen-bond acceptors (Lipinski definition) is 3. The lowest BCUT2D eigenvalue weighted by atomic mass is 10.2. The molecule has 0 unspecified atom stereocenters. The average molecular weight is 181 g/mol. The van der Waals surface area contributed by atoms with E-state index in [2.05, 4.69) is 17.2 Å². The van der Waals surface area contributed by atoms with Crippen LogP contribution < -0.4 is 0 Å². The molecule has 0 aliphatic carbocycles. The van der Waals surface area contributed by atoms with Crippen molar-refractivity contribution in [3.63, 3.8) is 0 Å². The molecule has 0 amide bonds. The third-order valence-corrected chi connectivity index (χ3v) is 1.63. The molecule has 1 rings (SSSR count). The van der Waals surface area contributed by atoms with Gasteiger partial charge in [0.15, 0.2) is 0 Å². The summed E-state index contributed by atoms with van der Waals surface area (Å²) in [6, 6.07) is 5.31. The first-order chi connectivity index (χ1) is 5.70. The second-order valence-corrected chi connectivity index (χ2v) is 2.72. The molecular formula is C8H7NO2S. The van der Waals surface area contributed by atoms with Gasteiger partial charge in [0.05, 0.1) is 0 Å². The van der Waals surface area contributed by atoms with Gasteiger partial charge in [-0.1, -0.05) is 18.3 Å². The maximum absolute atomic E-state index is 10.3. The number of aromatic nitrogens is 1. The lowest BCUT2D eigenvalue weighted by molar-refractivity contribution is -0.129. The standard InChI is InChI=1S/C8H7NO2S/c10-8(11)7(12)5-6-3-1-2-4-9-6/h1-4H,5H2,(H,10,11). The van der Waals surface area contributed by atoms with E-state index in [4.69, 9.17) is 5.11 Å². The van der Waals surface area contributed by atoms with E-state index in [1.807, 2.05) is 0 Å². The summed E-state index contributed by atoms with van der Waals surface area (Å²) >= 11 is 4.62. The van der Waals surface area contributed by atoms with Gasteiger partial charge in [-0.3, -0.25) is 4.98 Å². The van der Waals surface area contributed by atoms with Gasteiger partial charge in [-0.15, -0.1) is 0 Å². The zero-order chi connectivity index (χ0) is 8.97. The first-order valence-electron chi connectivity index (χ1n) is 3.36. The molecule has 0 saturated carbocycles. The topological polar surface area (TPSA) is 50.2 Å². The Balaban J connectivity index is 2.65. The number of nitrogens with zero attached hydrogens (tertiary/aromatic N) is 1. The van der Waals surface area contributed by atoms with Crippen LogP contribution in [0.25, 0.3) is 0 Å². The fraction of sp³-hybridized carbons (Fsp3) is 0.125. The number of pyridine rings is 1. The predicted octanol–water partition coefficient (Wildman–Crippen LogP) is 1.08. The van der Waals surface area contributed by atoms with Gasteiger partial charge in [0.25, 0.3) is 0 Å². The number of hydrogen-bond donors (Lipinski definition) is 1. The minimum atomic E-state index is -1.05. The summed E-state index contributed by atoms with van der Waals surface area (Å²) in [4.78, 5) is 14.3. The van der Waals surface area contributed by atoms with Crippen LogP contribution in [0, 0.1) is 0 Å². The van der Waals surface area contributed by atoms with Gasteiger partial charge in [0, 0.05) is 18.3 Å². The smallest absolute Gasteiger partial charge is 0.342 e. The molecule has 0 spiro atoms. The largest absolute Gasteiger partial charge is 0.477 e. The van der Waals surface area contributed by atoms with Crippen molar-refractivity contribution >= 4 is 23.1 Å². The Hall–Kier alpha value is -1.29. The molecule has 1 aromatic rings. The van der Waals surface area contributed by atoms with E-state index in [9.17, 15) is 4.79 Å². The third kappa shape index (κ3) is 2.39. The lowest BCUT2D eigenvalue weighted by Crippen LogP contribution is -2.13. The molecule has 4 heteroatoms. The normalized spacial score (nSPS) is 9.33. The van der Waals surface area contributed by atoms with E-state index < -0.39 is 5.97 Å². The van der Waals surface area contributed by atoms with Crippen molar-refractivity contribution in [3.05, 3.63) is 30.1 Å². The van der Waals surface area contributed by atoms with Crippen LogP contribution in [0.1, 0.15) is 5.69 Å². The van der Waals surface area contributed by atoms with Crippen molar-refractivity contribution in [1.29, 1.82) is 0 Å². The molecule has 0 atom stereocenters. The SMILES string of the molecule is O=C(O)C(=S)Cc1ccccn1. The van der Waals surface area contributed by atoms with Gasteiger partial charge in [0.1, 0.15) is 4.86 Å². The fourth-order valence-corrected chi connectivity index (χ4v) is 0.891. The van der Waals surface area contributed by atoms with Crippen molar-refractivity contribution in [2.45, 2.75) is 6.42 Å². The maximum Gasteiger partial charge on any atom is 0.342 e. The molecule has 12 heavy (non-hydrogen) atoms. The molecule has 0 saturated heterocycles. The highest BCUT2D eigenvalue weighted by molar-refractivity contribution is 7.82. The Morgan fingerprint density at radius 2 is 2.33 bits per heavy atom. The van der Waals surface area contributed by atoms with E-state index in [-0.39, 0.29) is 11.3 Å². The highest BCUT2D eigenvalue weighted by atomic mass is 32.1. The summed E-state index contributed by atoms with van der Waals surface area (Å²) in [5, 5.41) is 8.47. The zero-order valence-electron chi connectivity index (χ0n) is 6.23. The fourth-order valence-electron chi connectivity index (χ4n) is 0.743. The van der Waals surface area contributed by atoms with Crippen LogP contribution >= 0.6 is 12.2 Å². The highest BCUT2D eigenvalue weighted by Gasteiger charge is 2.06. The van der Waals surface area contributed by atoms with Gasteiger partial charge in [0.2, 0.25) is 0 Å². The van der Waals surface area contributed by atoms with Crippen molar-refractivity contribution in [1.82, 2.24) is 4.98 Å². The van der Waals surface area contributed by atoms with Gasteiger partial charge >= 0.3 is 5.97 Å². The Morgan fingerprint density at radius 3 is 2.83 bits per heavy atom. The van der Waals surface area contributed by atoms with E-state index in [0.717, 1.165) is 0 Å². The van der Waals surface area contributed by atoms with Crippen LogP contribution in [0.5, 0.6) is 0 Å². The lowest BCUT2D eigenvalue weighted by Gasteiger charge is -1.96. The van der Waals surface area contributed by atoms with Crippen LogP contribution in [0.15, 0.2) is 24.4 Å².